The summed E-state index contributed by atoms with van der Waals surface area (Å²) < 4.78 is 1.50. The van der Waals surface area contributed by atoms with Crippen molar-refractivity contribution in [3.05, 3.63) is 107 Å². The van der Waals surface area contributed by atoms with Gasteiger partial charge >= 0.3 is 0 Å². The van der Waals surface area contributed by atoms with Crippen LogP contribution in [0.2, 0.25) is 0 Å². The van der Waals surface area contributed by atoms with Crippen molar-refractivity contribution < 1.29 is 19.5 Å². The van der Waals surface area contributed by atoms with E-state index in [0.717, 1.165) is 0 Å². The molecule has 0 fully saturated rings. The average molecular weight is 492 g/mol. The number of aromatic hydroxyl groups is 1. The first-order valence-corrected chi connectivity index (χ1v) is 11.5. The molecule has 0 saturated heterocycles. The monoisotopic (exact) mass is 491 g/mol. The molecule has 9 heteroatoms. The van der Waals surface area contributed by atoms with Gasteiger partial charge in [-0.2, -0.15) is 10.4 Å². The van der Waals surface area contributed by atoms with Gasteiger partial charge in [-0.05, 0) is 49.4 Å². The predicted molar refractivity (Wildman–Crippen MR) is 136 cm³/mol. The van der Waals surface area contributed by atoms with Gasteiger partial charge in [0.25, 0.3) is 11.8 Å². The van der Waals surface area contributed by atoms with Gasteiger partial charge in [-0.15, -0.1) is 0 Å². The summed E-state index contributed by atoms with van der Waals surface area (Å²) in [6.45, 7) is 2.25. The predicted octanol–water partition coefficient (Wildman–Crippen LogP) is 3.99. The summed E-state index contributed by atoms with van der Waals surface area (Å²) >= 11 is 0. The maximum atomic E-state index is 13.6. The Morgan fingerprint density at radius 3 is 2.46 bits per heavy atom. The van der Waals surface area contributed by atoms with Gasteiger partial charge in [0.2, 0.25) is 0 Å². The van der Waals surface area contributed by atoms with Crippen molar-refractivity contribution in [1.29, 1.82) is 5.26 Å². The van der Waals surface area contributed by atoms with Crippen molar-refractivity contribution >= 4 is 29.0 Å². The number of ketones is 1. The molecule has 2 N–H and O–H groups in total. The minimum atomic E-state index is -0.567. The number of hydrogen-bond acceptors (Lipinski definition) is 6. The number of phenols is 1. The van der Waals surface area contributed by atoms with Gasteiger partial charge in [-0.25, -0.2) is 0 Å². The summed E-state index contributed by atoms with van der Waals surface area (Å²) in [5, 5.41) is 25.7. The zero-order valence-corrected chi connectivity index (χ0v) is 19.8. The van der Waals surface area contributed by atoms with Crippen molar-refractivity contribution in [3.63, 3.8) is 0 Å². The minimum Gasteiger partial charge on any atom is -0.507 e. The lowest BCUT2D eigenvalue weighted by molar-refractivity contribution is 0.0933. The number of carbonyl (C=O) groups is 3. The Bertz CT molecular complexity index is 1570. The zero-order valence-electron chi connectivity index (χ0n) is 19.8. The number of fused-ring (bicyclic) bond motifs is 1. The van der Waals surface area contributed by atoms with E-state index in [1.54, 1.807) is 53.4 Å². The molecule has 0 radical (unpaired) electrons. The first kappa shape index (κ1) is 23.5. The molecule has 2 amide bonds. The summed E-state index contributed by atoms with van der Waals surface area (Å²) in [7, 11) is 0. The van der Waals surface area contributed by atoms with Crippen LogP contribution in [0.3, 0.4) is 0 Å². The number of amides is 2. The van der Waals surface area contributed by atoms with E-state index in [-0.39, 0.29) is 34.4 Å². The van der Waals surface area contributed by atoms with E-state index in [1.165, 1.54) is 29.1 Å². The molecular formula is C28H21N5O4. The molecule has 2 heterocycles. The molecule has 1 atom stereocenters. The van der Waals surface area contributed by atoms with E-state index in [4.69, 9.17) is 5.26 Å². The Labute approximate surface area is 212 Å². The van der Waals surface area contributed by atoms with Crippen molar-refractivity contribution in [2.24, 2.45) is 0 Å². The van der Waals surface area contributed by atoms with Gasteiger partial charge in [0.1, 0.15) is 17.5 Å². The van der Waals surface area contributed by atoms with Crippen molar-refractivity contribution in [2.75, 3.05) is 10.2 Å². The summed E-state index contributed by atoms with van der Waals surface area (Å²) in [6, 6.07) is 21.5. The van der Waals surface area contributed by atoms with E-state index >= 15 is 0 Å². The van der Waals surface area contributed by atoms with Crippen LogP contribution < -0.4 is 10.2 Å². The standard InChI is InChI=1S/C28H21N5O4/c1-17-16-32-25(23(15-30-32)27(36)31-21-9-12-24(34)20(13-21)14-29)28(37)33(17)22-10-7-19(8-11-22)26(35)18-5-3-2-4-6-18/h2-13,15,17,34H,16H2,1H3,(H,31,36)/t17-/m0/s1. The van der Waals surface area contributed by atoms with Crippen LogP contribution in [-0.2, 0) is 6.54 Å². The fraction of sp³-hybridized carbons (Fsp3) is 0.107. The molecule has 9 nitrogen and oxygen atoms in total. The molecule has 1 aromatic heterocycles. The third-order valence-electron chi connectivity index (χ3n) is 6.20. The van der Waals surface area contributed by atoms with E-state index in [0.29, 0.717) is 29.0 Å². The van der Waals surface area contributed by atoms with Crippen LogP contribution in [0.5, 0.6) is 5.75 Å². The highest BCUT2D eigenvalue weighted by Gasteiger charge is 2.36. The lowest BCUT2D eigenvalue weighted by atomic mass is 10.0. The third kappa shape index (κ3) is 4.32. The van der Waals surface area contributed by atoms with Crippen LogP contribution >= 0.6 is 0 Å². The van der Waals surface area contributed by atoms with Crippen molar-refractivity contribution in [1.82, 2.24) is 9.78 Å². The van der Waals surface area contributed by atoms with Crippen LogP contribution in [0.25, 0.3) is 0 Å². The zero-order chi connectivity index (χ0) is 26.1. The molecule has 182 valence electrons. The quantitative estimate of drug-likeness (QED) is 0.321. The average Bonchev–Trinajstić information content (AvgIpc) is 3.34. The summed E-state index contributed by atoms with van der Waals surface area (Å²) in [5.41, 5.74) is 2.21. The van der Waals surface area contributed by atoms with Crippen LogP contribution in [0.1, 0.15) is 49.3 Å². The molecule has 0 saturated carbocycles. The minimum absolute atomic E-state index is 0.0140. The van der Waals surface area contributed by atoms with E-state index in [9.17, 15) is 19.5 Å². The first-order valence-electron chi connectivity index (χ1n) is 11.5. The molecule has 0 unspecified atom stereocenters. The third-order valence-corrected chi connectivity index (χ3v) is 6.20. The number of phenolic OH excluding ortho intramolecular Hbond substituents is 1. The smallest absolute Gasteiger partial charge is 0.277 e. The Hall–Kier alpha value is -5.23. The normalized spacial score (nSPS) is 14.5. The highest BCUT2D eigenvalue weighted by atomic mass is 16.3. The van der Waals surface area contributed by atoms with Gasteiger partial charge in [0.05, 0.1) is 29.9 Å². The summed E-state index contributed by atoms with van der Waals surface area (Å²) in [6.07, 6.45) is 1.34. The van der Waals surface area contributed by atoms with E-state index < -0.39 is 11.8 Å². The molecule has 5 rings (SSSR count). The first-order chi connectivity index (χ1) is 17.9. The van der Waals surface area contributed by atoms with Crippen molar-refractivity contribution in [3.8, 4) is 11.8 Å². The van der Waals surface area contributed by atoms with Gasteiger partial charge in [0.15, 0.2) is 5.78 Å². The molecule has 37 heavy (non-hydrogen) atoms. The summed E-state index contributed by atoms with van der Waals surface area (Å²) in [5.74, 6) is -1.27. The second kappa shape index (κ2) is 9.43. The number of anilines is 2. The van der Waals surface area contributed by atoms with Gasteiger partial charge < -0.3 is 15.3 Å². The van der Waals surface area contributed by atoms with E-state index in [2.05, 4.69) is 10.4 Å². The van der Waals surface area contributed by atoms with Gasteiger partial charge in [0, 0.05) is 22.5 Å². The number of benzene rings is 3. The Balaban J connectivity index is 1.40. The highest BCUT2D eigenvalue weighted by molar-refractivity contribution is 6.16. The number of nitrogens with zero attached hydrogens (tertiary/aromatic N) is 4. The van der Waals surface area contributed by atoms with Gasteiger partial charge in [-0.3, -0.25) is 19.1 Å². The Kier molecular flexibility index (Phi) is 5.99. The Morgan fingerprint density at radius 2 is 1.76 bits per heavy atom. The molecule has 0 bridgehead atoms. The molecule has 1 aliphatic rings. The fourth-order valence-electron chi connectivity index (χ4n) is 4.36. The number of rotatable bonds is 5. The van der Waals surface area contributed by atoms with Crippen LogP contribution in [0.4, 0.5) is 11.4 Å². The van der Waals surface area contributed by atoms with E-state index in [1.807, 2.05) is 19.1 Å². The highest BCUT2D eigenvalue weighted by Crippen LogP contribution is 2.28. The molecule has 0 spiro atoms. The maximum Gasteiger partial charge on any atom is 0.277 e. The lowest BCUT2D eigenvalue weighted by Gasteiger charge is -2.34. The summed E-state index contributed by atoms with van der Waals surface area (Å²) in [4.78, 5) is 41.0. The molecule has 4 aromatic rings. The molecule has 0 aliphatic carbocycles. The number of carbonyl (C=O) groups excluding carboxylic acids is 3. The second-order valence-electron chi connectivity index (χ2n) is 8.65. The largest absolute Gasteiger partial charge is 0.507 e. The Morgan fingerprint density at radius 1 is 1.05 bits per heavy atom. The van der Waals surface area contributed by atoms with Gasteiger partial charge in [-0.1, -0.05) is 30.3 Å². The van der Waals surface area contributed by atoms with Crippen LogP contribution in [-0.4, -0.2) is 38.5 Å². The van der Waals surface area contributed by atoms with Crippen molar-refractivity contribution in [2.45, 2.75) is 19.5 Å². The van der Waals surface area contributed by atoms with Crippen LogP contribution in [0.15, 0.2) is 79.0 Å². The molecule has 3 aromatic carbocycles. The molecule has 1 aliphatic heterocycles. The molecular weight excluding hydrogens is 470 g/mol. The lowest BCUT2D eigenvalue weighted by Crippen LogP contribution is -2.47. The number of nitrogens with one attached hydrogen (secondary N) is 1. The maximum absolute atomic E-state index is 13.6. The second-order valence-corrected chi connectivity index (χ2v) is 8.65. The number of nitriles is 1. The fourth-order valence-corrected chi connectivity index (χ4v) is 4.36. The number of hydrogen-bond donors (Lipinski definition) is 2. The van der Waals surface area contributed by atoms with Crippen LogP contribution in [0, 0.1) is 11.3 Å². The number of aromatic nitrogens is 2. The topological polar surface area (TPSA) is 128 Å². The SMILES string of the molecule is C[C@H]1Cn2ncc(C(=O)Nc3ccc(O)c(C#N)c3)c2C(=O)N1c1ccc(C(=O)c2ccccc2)cc1.